The summed E-state index contributed by atoms with van der Waals surface area (Å²) in [7, 11) is -3.36. The Labute approximate surface area is 206 Å². The van der Waals surface area contributed by atoms with Crippen LogP contribution in [0.3, 0.4) is 0 Å². The van der Waals surface area contributed by atoms with Gasteiger partial charge in [0.15, 0.2) is 15.6 Å². The summed E-state index contributed by atoms with van der Waals surface area (Å²) in [5.74, 6) is -1.59. The Kier molecular flexibility index (Phi) is 7.70. The van der Waals surface area contributed by atoms with Gasteiger partial charge in [-0.1, -0.05) is 36.8 Å². The number of pyridine rings is 1. The number of carbonyl (C=O) groups is 2. The Morgan fingerprint density at radius 1 is 1.03 bits per heavy atom. The molecule has 1 aromatic heterocycles. The zero-order valence-electron chi connectivity index (χ0n) is 19.2. The first-order valence-corrected chi connectivity index (χ1v) is 13.3. The van der Waals surface area contributed by atoms with Gasteiger partial charge in [-0.3, -0.25) is 14.6 Å². The molecule has 1 aliphatic carbocycles. The van der Waals surface area contributed by atoms with Gasteiger partial charge in [0.2, 0.25) is 5.91 Å². The van der Waals surface area contributed by atoms with Crippen LogP contribution in [0, 0.1) is 17.7 Å². The van der Waals surface area contributed by atoms with E-state index in [1.165, 1.54) is 18.2 Å². The molecule has 0 bridgehead atoms. The zero-order valence-corrected chi connectivity index (χ0v) is 20.0. The van der Waals surface area contributed by atoms with Crippen molar-refractivity contribution in [3.63, 3.8) is 0 Å². The third kappa shape index (κ3) is 6.60. The second kappa shape index (κ2) is 10.9. The predicted molar refractivity (Wildman–Crippen MR) is 133 cm³/mol. The average Bonchev–Trinajstić information content (AvgIpc) is 2.82. The van der Waals surface area contributed by atoms with Crippen molar-refractivity contribution in [1.82, 2.24) is 4.98 Å². The Bertz CT molecular complexity index is 1280. The maximum atomic E-state index is 13.2. The fourth-order valence-corrected chi connectivity index (χ4v) is 5.78. The first-order valence-electron chi connectivity index (χ1n) is 11.6. The molecule has 1 amide bonds. The number of ketones is 1. The molecule has 3 aromatic rings. The van der Waals surface area contributed by atoms with E-state index in [-0.39, 0.29) is 41.8 Å². The van der Waals surface area contributed by atoms with E-state index in [0.717, 1.165) is 37.1 Å². The molecule has 4 rings (SSSR count). The molecule has 0 saturated heterocycles. The smallest absolute Gasteiger partial charge is 0.228 e. The molecule has 8 heteroatoms. The number of nitrogens with zero attached hydrogens (tertiary/aromatic N) is 1. The summed E-state index contributed by atoms with van der Waals surface area (Å²) in [5.41, 5.74) is 1.44. The zero-order chi connectivity index (χ0) is 24.8. The van der Waals surface area contributed by atoms with Gasteiger partial charge in [0.05, 0.1) is 16.8 Å². The molecule has 0 spiro atoms. The number of halogens is 1. The van der Waals surface area contributed by atoms with Gasteiger partial charge in [0.25, 0.3) is 0 Å². The van der Waals surface area contributed by atoms with Crippen LogP contribution in [-0.2, 0) is 21.1 Å². The minimum Gasteiger partial charge on any atom is -0.326 e. The largest absolute Gasteiger partial charge is 0.326 e. The Morgan fingerprint density at radius 3 is 2.34 bits per heavy atom. The normalized spacial score (nSPS) is 14.7. The maximum absolute atomic E-state index is 13.2. The topological polar surface area (TPSA) is 93.2 Å². The summed E-state index contributed by atoms with van der Waals surface area (Å²) in [6.45, 7) is 0. The summed E-state index contributed by atoms with van der Waals surface area (Å²) >= 11 is 0. The minimum absolute atomic E-state index is 0. The molecule has 0 radical (unpaired) electrons. The van der Waals surface area contributed by atoms with Crippen molar-refractivity contribution in [2.75, 3.05) is 11.1 Å². The van der Waals surface area contributed by atoms with Gasteiger partial charge in [0, 0.05) is 19.5 Å². The highest BCUT2D eigenvalue weighted by atomic mass is 32.2. The van der Waals surface area contributed by atoms with Gasteiger partial charge in [-0.25, -0.2) is 12.8 Å². The lowest BCUT2D eigenvalue weighted by molar-refractivity contribution is -0.119. The molecule has 1 N–H and O–H groups in total. The summed E-state index contributed by atoms with van der Waals surface area (Å²) in [6.07, 6.45) is 4.17. The Hall–Kier alpha value is -3.39. The number of anilines is 1. The van der Waals surface area contributed by atoms with Crippen LogP contribution in [0.1, 0.15) is 43.2 Å². The number of nitrogens with one attached hydrogen (secondary N) is 1. The van der Waals surface area contributed by atoms with Crippen LogP contribution in [0.5, 0.6) is 0 Å². The van der Waals surface area contributed by atoms with Crippen molar-refractivity contribution in [3.05, 3.63) is 90.0 Å². The van der Waals surface area contributed by atoms with Crippen LogP contribution in [0.15, 0.2) is 77.8 Å². The predicted octanol–water partition coefficient (Wildman–Crippen LogP) is 5.11. The summed E-state index contributed by atoms with van der Waals surface area (Å²) < 4.78 is 38.4. The lowest BCUT2D eigenvalue weighted by Gasteiger charge is -2.24. The highest BCUT2D eigenvalue weighted by Crippen LogP contribution is 2.30. The van der Waals surface area contributed by atoms with E-state index in [0.29, 0.717) is 12.1 Å². The average molecular weight is 497 g/mol. The molecule has 1 fully saturated rings. The van der Waals surface area contributed by atoms with Crippen molar-refractivity contribution in [3.8, 4) is 0 Å². The first kappa shape index (κ1) is 24.7. The summed E-state index contributed by atoms with van der Waals surface area (Å²) in [4.78, 5) is 30.0. The lowest BCUT2D eigenvalue weighted by Crippen LogP contribution is -2.27. The highest BCUT2D eigenvalue weighted by molar-refractivity contribution is 7.91. The van der Waals surface area contributed by atoms with Crippen LogP contribution < -0.4 is 5.32 Å². The molecule has 1 aliphatic rings. The quantitative estimate of drug-likeness (QED) is 0.394. The van der Waals surface area contributed by atoms with Gasteiger partial charge in [-0.15, -0.1) is 0 Å². The van der Waals surface area contributed by atoms with Crippen molar-refractivity contribution in [2.45, 2.75) is 37.0 Å². The molecule has 2 aromatic carbocycles. The summed E-state index contributed by atoms with van der Waals surface area (Å²) in [5, 5.41) is 2.80. The van der Waals surface area contributed by atoms with Crippen LogP contribution in [0.2, 0.25) is 0 Å². The molecule has 1 heterocycles. The standard InChI is InChI=1S/C27H27FN2O4S.H2/c28-22-9-14-25(29-17-22)26(31)16-21(15-19-5-2-1-3-6-19)27(32)30-23-10-12-24(13-11-23)35(33,34)18-20-7-4-8-20;/h1-3,5-6,9-14,17,20-21H,4,7-8,15-16,18H2,(H,30,32);1H/t21-;/m1./s1. The van der Waals surface area contributed by atoms with Crippen LogP contribution in [0.25, 0.3) is 0 Å². The first-order chi connectivity index (χ1) is 16.8. The Morgan fingerprint density at radius 2 is 1.74 bits per heavy atom. The number of amides is 1. The van der Waals surface area contributed by atoms with Gasteiger partial charge >= 0.3 is 0 Å². The SMILES string of the molecule is O=C(C[C@@H](Cc1ccccc1)C(=O)Nc1ccc(S(=O)(=O)CC2CCC2)cc1)c1ccc(F)cn1.[HH]. The number of benzene rings is 2. The van der Waals surface area contributed by atoms with E-state index in [1.807, 2.05) is 30.3 Å². The third-order valence-corrected chi connectivity index (χ3v) is 8.20. The number of rotatable bonds is 10. The molecular weight excluding hydrogens is 467 g/mol. The van der Waals surface area contributed by atoms with Crippen LogP contribution >= 0.6 is 0 Å². The number of aromatic nitrogens is 1. The molecule has 35 heavy (non-hydrogen) atoms. The molecule has 1 saturated carbocycles. The van der Waals surface area contributed by atoms with Gasteiger partial charge < -0.3 is 5.32 Å². The number of hydrogen-bond acceptors (Lipinski definition) is 5. The second-order valence-corrected chi connectivity index (χ2v) is 11.0. The van der Waals surface area contributed by atoms with Gasteiger partial charge in [-0.2, -0.15) is 0 Å². The van der Waals surface area contributed by atoms with E-state index in [4.69, 9.17) is 0 Å². The van der Waals surface area contributed by atoms with E-state index in [9.17, 15) is 22.4 Å². The van der Waals surface area contributed by atoms with Crippen molar-refractivity contribution in [2.24, 2.45) is 11.8 Å². The van der Waals surface area contributed by atoms with E-state index < -0.39 is 21.6 Å². The fourth-order valence-electron chi connectivity index (χ4n) is 4.08. The second-order valence-electron chi connectivity index (χ2n) is 8.97. The van der Waals surface area contributed by atoms with E-state index in [2.05, 4.69) is 10.3 Å². The Balaban J connectivity index is 0.00000361. The van der Waals surface area contributed by atoms with E-state index in [1.54, 1.807) is 12.1 Å². The number of sulfone groups is 1. The molecule has 6 nitrogen and oxygen atoms in total. The fraction of sp³-hybridized carbons (Fsp3) is 0.296. The molecule has 0 aliphatic heterocycles. The van der Waals surface area contributed by atoms with Crippen LogP contribution in [0.4, 0.5) is 10.1 Å². The molecule has 0 unspecified atom stereocenters. The van der Waals surface area contributed by atoms with Gasteiger partial charge in [0.1, 0.15) is 11.5 Å². The van der Waals surface area contributed by atoms with Crippen molar-refractivity contribution < 1.29 is 23.8 Å². The number of carbonyl (C=O) groups excluding carboxylic acids is 2. The molecule has 184 valence electrons. The van der Waals surface area contributed by atoms with Crippen molar-refractivity contribution >= 4 is 27.2 Å². The van der Waals surface area contributed by atoms with Crippen molar-refractivity contribution in [1.29, 1.82) is 0 Å². The minimum atomic E-state index is -3.36. The lowest BCUT2D eigenvalue weighted by atomic mass is 9.87. The van der Waals surface area contributed by atoms with Crippen LogP contribution in [-0.4, -0.2) is 30.8 Å². The number of Topliss-reactive ketones (excluding diaryl/α,β-unsaturated/α-hetero) is 1. The van der Waals surface area contributed by atoms with E-state index >= 15 is 0 Å². The number of hydrogen-bond donors (Lipinski definition) is 1. The van der Waals surface area contributed by atoms with Gasteiger partial charge in [-0.05, 0) is 67.1 Å². The highest BCUT2D eigenvalue weighted by Gasteiger charge is 2.27. The third-order valence-electron chi connectivity index (χ3n) is 6.30. The monoisotopic (exact) mass is 496 g/mol. The maximum Gasteiger partial charge on any atom is 0.228 e. The molecular formula is C27H29FN2O4S. The molecule has 1 atom stereocenters. The summed E-state index contributed by atoms with van der Waals surface area (Å²) in [6, 6.07) is 17.9.